The average Bonchev–Trinajstić information content (AvgIpc) is 2.96. The van der Waals surface area contributed by atoms with E-state index in [4.69, 9.17) is 0 Å². The molecule has 0 radical (unpaired) electrons. The molecule has 0 aliphatic rings. The minimum Gasteiger partial charge on any atom is -0.326 e. The van der Waals surface area contributed by atoms with Gasteiger partial charge in [0.2, 0.25) is 5.91 Å². The Hall–Kier alpha value is -3.34. The number of aryl methyl sites for hydroxylation is 3. The first kappa shape index (κ1) is 18.5. The Kier molecular flexibility index (Phi) is 5.12. The zero-order chi connectivity index (χ0) is 19.6. The van der Waals surface area contributed by atoms with Crippen molar-refractivity contribution >= 4 is 23.2 Å². The van der Waals surface area contributed by atoms with Gasteiger partial charge >= 0.3 is 0 Å². The smallest absolute Gasteiger partial charge is 0.255 e. The summed E-state index contributed by atoms with van der Waals surface area (Å²) in [4.78, 5) is 23.9. The van der Waals surface area contributed by atoms with Crippen LogP contribution in [-0.4, -0.2) is 16.4 Å². The summed E-state index contributed by atoms with van der Waals surface area (Å²) in [5, 5.41) is 5.65. The number of hydrogen-bond acceptors (Lipinski definition) is 2. The van der Waals surface area contributed by atoms with Crippen LogP contribution >= 0.6 is 0 Å². The lowest BCUT2D eigenvalue weighted by atomic mass is 10.1. The molecule has 0 saturated heterocycles. The molecule has 1 aromatic heterocycles. The highest BCUT2D eigenvalue weighted by Gasteiger charge is 2.10. The largest absolute Gasteiger partial charge is 0.326 e. The van der Waals surface area contributed by atoms with E-state index in [1.165, 1.54) is 6.92 Å². The predicted octanol–water partition coefficient (Wildman–Crippen LogP) is 4.61. The van der Waals surface area contributed by atoms with Gasteiger partial charge in [0, 0.05) is 40.9 Å². The standard InChI is InChI=1S/C22H23N3O2/c1-14-5-10-19(23-17(4)26)13-21(14)24-22(27)18-8-11-20(12-9-18)25-15(2)6-7-16(25)3/h5-13H,1-4H3,(H,23,26)(H,24,27). The number of anilines is 2. The molecule has 2 amide bonds. The van der Waals surface area contributed by atoms with E-state index in [1.54, 1.807) is 6.07 Å². The van der Waals surface area contributed by atoms with Gasteiger partial charge in [-0.3, -0.25) is 9.59 Å². The summed E-state index contributed by atoms with van der Waals surface area (Å²) in [6.45, 7) is 7.47. The zero-order valence-electron chi connectivity index (χ0n) is 16.0. The van der Waals surface area contributed by atoms with Crippen LogP contribution in [0.1, 0.15) is 34.2 Å². The number of nitrogens with one attached hydrogen (secondary N) is 2. The number of carbonyl (C=O) groups is 2. The SMILES string of the molecule is CC(=O)Nc1ccc(C)c(NC(=O)c2ccc(-n3c(C)ccc3C)cc2)c1. The van der Waals surface area contributed by atoms with Gasteiger partial charge in [-0.2, -0.15) is 0 Å². The molecule has 5 heteroatoms. The van der Waals surface area contributed by atoms with E-state index >= 15 is 0 Å². The molecular weight excluding hydrogens is 338 g/mol. The lowest BCUT2D eigenvalue weighted by Gasteiger charge is -2.12. The van der Waals surface area contributed by atoms with Gasteiger partial charge in [0.1, 0.15) is 0 Å². The number of aromatic nitrogens is 1. The van der Waals surface area contributed by atoms with Crippen LogP contribution in [-0.2, 0) is 4.79 Å². The first-order valence-electron chi connectivity index (χ1n) is 8.80. The van der Waals surface area contributed by atoms with Crippen LogP contribution in [0.3, 0.4) is 0 Å². The Morgan fingerprint density at radius 3 is 2.04 bits per heavy atom. The molecule has 0 atom stereocenters. The fraction of sp³-hybridized carbons (Fsp3) is 0.182. The molecule has 0 spiro atoms. The summed E-state index contributed by atoms with van der Waals surface area (Å²) in [7, 11) is 0. The second kappa shape index (κ2) is 7.50. The third kappa shape index (κ3) is 4.08. The van der Waals surface area contributed by atoms with Crippen molar-refractivity contribution in [3.63, 3.8) is 0 Å². The molecule has 0 aliphatic carbocycles. The Bertz CT molecular complexity index is 981. The van der Waals surface area contributed by atoms with E-state index in [0.717, 1.165) is 22.6 Å². The minimum atomic E-state index is -0.189. The average molecular weight is 361 g/mol. The van der Waals surface area contributed by atoms with Crippen molar-refractivity contribution in [2.75, 3.05) is 10.6 Å². The quantitative estimate of drug-likeness (QED) is 0.712. The minimum absolute atomic E-state index is 0.151. The van der Waals surface area contributed by atoms with Gasteiger partial charge in [0.25, 0.3) is 5.91 Å². The molecule has 5 nitrogen and oxygen atoms in total. The van der Waals surface area contributed by atoms with Crippen LogP contribution in [0.15, 0.2) is 54.6 Å². The van der Waals surface area contributed by atoms with Crippen molar-refractivity contribution in [3.05, 3.63) is 77.1 Å². The molecular formula is C22H23N3O2. The molecule has 27 heavy (non-hydrogen) atoms. The molecule has 0 unspecified atom stereocenters. The Labute approximate surface area is 159 Å². The van der Waals surface area contributed by atoms with Crippen molar-refractivity contribution < 1.29 is 9.59 Å². The third-order valence-corrected chi connectivity index (χ3v) is 4.46. The summed E-state index contributed by atoms with van der Waals surface area (Å²) in [6, 6.07) is 17.1. The fourth-order valence-electron chi connectivity index (χ4n) is 3.07. The number of rotatable bonds is 4. The van der Waals surface area contributed by atoms with E-state index in [2.05, 4.69) is 41.2 Å². The molecule has 0 bridgehead atoms. The van der Waals surface area contributed by atoms with Crippen LogP contribution in [0.25, 0.3) is 5.69 Å². The molecule has 2 aromatic carbocycles. The Morgan fingerprint density at radius 2 is 1.44 bits per heavy atom. The number of hydrogen-bond donors (Lipinski definition) is 2. The first-order valence-corrected chi connectivity index (χ1v) is 8.80. The highest BCUT2D eigenvalue weighted by molar-refractivity contribution is 6.05. The van der Waals surface area contributed by atoms with Gasteiger partial charge in [0.15, 0.2) is 0 Å². The van der Waals surface area contributed by atoms with Crippen molar-refractivity contribution in [1.82, 2.24) is 4.57 Å². The van der Waals surface area contributed by atoms with Crippen molar-refractivity contribution in [2.24, 2.45) is 0 Å². The molecule has 0 fully saturated rings. The predicted molar refractivity (Wildman–Crippen MR) is 109 cm³/mol. The van der Waals surface area contributed by atoms with E-state index in [1.807, 2.05) is 43.3 Å². The number of benzene rings is 2. The van der Waals surface area contributed by atoms with Gasteiger partial charge < -0.3 is 15.2 Å². The van der Waals surface area contributed by atoms with E-state index < -0.39 is 0 Å². The van der Waals surface area contributed by atoms with Crippen molar-refractivity contribution in [1.29, 1.82) is 0 Å². The molecule has 0 aliphatic heterocycles. The van der Waals surface area contributed by atoms with Crippen LogP contribution in [0.4, 0.5) is 11.4 Å². The maximum absolute atomic E-state index is 12.6. The summed E-state index contributed by atoms with van der Waals surface area (Å²) in [5.74, 6) is -0.340. The third-order valence-electron chi connectivity index (χ3n) is 4.46. The maximum atomic E-state index is 12.6. The Balaban J connectivity index is 1.80. The van der Waals surface area contributed by atoms with Crippen molar-refractivity contribution in [2.45, 2.75) is 27.7 Å². The fourth-order valence-corrected chi connectivity index (χ4v) is 3.07. The van der Waals surface area contributed by atoms with Crippen LogP contribution in [0, 0.1) is 20.8 Å². The van der Waals surface area contributed by atoms with E-state index in [9.17, 15) is 9.59 Å². The first-order chi connectivity index (χ1) is 12.8. The molecule has 1 heterocycles. The second-order valence-electron chi connectivity index (χ2n) is 6.66. The van der Waals surface area contributed by atoms with Gasteiger partial charge in [-0.1, -0.05) is 6.07 Å². The summed E-state index contributed by atoms with van der Waals surface area (Å²) >= 11 is 0. The number of amides is 2. The van der Waals surface area contributed by atoms with Gasteiger partial charge in [-0.15, -0.1) is 0 Å². The topological polar surface area (TPSA) is 63.1 Å². The monoisotopic (exact) mass is 361 g/mol. The Morgan fingerprint density at radius 1 is 0.815 bits per heavy atom. The lowest BCUT2D eigenvalue weighted by Crippen LogP contribution is -2.14. The van der Waals surface area contributed by atoms with Crippen LogP contribution < -0.4 is 10.6 Å². The number of carbonyl (C=O) groups excluding carboxylic acids is 2. The summed E-state index contributed by atoms with van der Waals surface area (Å²) < 4.78 is 2.14. The maximum Gasteiger partial charge on any atom is 0.255 e. The van der Waals surface area contributed by atoms with Gasteiger partial charge in [-0.25, -0.2) is 0 Å². The molecule has 138 valence electrons. The van der Waals surface area contributed by atoms with E-state index in [-0.39, 0.29) is 11.8 Å². The second-order valence-corrected chi connectivity index (χ2v) is 6.66. The van der Waals surface area contributed by atoms with E-state index in [0.29, 0.717) is 16.9 Å². The van der Waals surface area contributed by atoms with Crippen molar-refractivity contribution in [3.8, 4) is 5.69 Å². The molecule has 2 N–H and O–H groups in total. The normalized spacial score (nSPS) is 10.5. The lowest BCUT2D eigenvalue weighted by molar-refractivity contribution is -0.114. The van der Waals surface area contributed by atoms with Crippen LogP contribution in [0.5, 0.6) is 0 Å². The summed E-state index contributed by atoms with van der Waals surface area (Å²) in [5.41, 5.74) is 6.14. The number of nitrogens with zero attached hydrogens (tertiary/aromatic N) is 1. The zero-order valence-corrected chi connectivity index (χ0v) is 16.0. The summed E-state index contributed by atoms with van der Waals surface area (Å²) in [6.07, 6.45) is 0. The highest BCUT2D eigenvalue weighted by Crippen LogP contribution is 2.22. The molecule has 3 rings (SSSR count). The molecule has 3 aromatic rings. The van der Waals surface area contributed by atoms with Gasteiger partial charge in [0.05, 0.1) is 0 Å². The molecule has 0 saturated carbocycles. The van der Waals surface area contributed by atoms with Gasteiger partial charge in [-0.05, 0) is 74.9 Å². The van der Waals surface area contributed by atoms with Crippen LogP contribution in [0.2, 0.25) is 0 Å². The highest BCUT2D eigenvalue weighted by atomic mass is 16.2.